The molecule has 0 radical (unpaired) electrons. The van der Waals surface area contributed by atoms with E-state index >= 15 is 0 Å². The van der Waals surface area contributed by atoms with Crippen LogP contribution in [0.2, 0.25) is 0 Å². The summed E-state index contributed by atoms with van der Waals surface area (Å²) in [5, 5.41) is 12.5. The Balaban J connectivity index is 2.46. The van der Waals surface area contributed by atoms with Gasteiger partial charge in [-0.15, -0.1) is 11.3 Å². The van der Waals surface area contributed by atoms with Crippen molar-refractivity contribution in [2.45, 2.75) is 40.3 Å². The van der Waals surface area contributed by atoms with Gasteiger partial charge < -0.3 is 10.4 Å². The highest BCUT2D eigenvalue weighted by molar-refractivity contribution is 7.12. The number of rotatable bonds is 5. The van der Waals surface area contributed by atoms with Gasteiger partial charge in [0.25, 0.3) is 0 Å². The minimum absolute atomic E-state index is 0.246. The predicted molar refractivity (Wildman–Crippen MR) is 66.3 cm³/mol. The maximum absolute atomic E-state index is 9.02. The van der Waals surface area contributed by atoms with Gasteiger partial charge in [-0.2, -0.15) is 0 Å². The number of aliphatic hydroxyl groups excluding tert-OH is 1. The summed E-state index contributed by atoms with van der Waals surface area (Å²) in [5.41, 5.74) is 1.38. The molecule has 0 bridgehead atoms. The molecular weight excluding hydrogens is 206 g/mol. The molecule has 86 valence electrons. The maximum atomic E-state index is 9.02. The summed E-state index contributed by atoms with van der Waals surface area (Å²) in [4.78, 5) is 2.76. The van der Waals surface area contributed by atoms with Crippen LogP contribution in [0.1, 0.15) is 29.2 Å². The average Bonchev–Trinajstić information content (AvgIpc) is 2.52. The van der Waals surface area contributed by atoms with E-state index in [1.54, 1.807) is 0 Å². The Kier molecular flexibility index (Phi) is 4.77. The van der Waals surface area contributed by atoms with E-state index in [0.717, 1.165) is 6.54 Å². The number of hydrogen-bond acceptors (Lipinski definition) is 3. The van der Waals surface area contributed by atoms with Crippen LogP contribution >= 0.6 is 11.3 Å². The molecule has 1 aromatic rings. The van der Waals surface area contributed by atoms with Crippen molar-refractivity contribution in [3.63, 3.8) is 0 Å². The molecule has 0 amide bonds. The van der Waals surface area contributed by atoms with Crippen molar-refractivity contribution in [3.8, 4) is 0 Å². The van der Waals surface area contributed by atoms with Gasteiger partial charge in [-0.25, -0.2) is 0 Å². The Labute approximate surface area is 96.3 Å². The van der Waals surface area contributed by atoms with Crippen molar-refractivity contribution < 1.29 is 5.11 Å². The summed E-state index contributed by atoms with van der Waals surface area (Å²) in [5.74, 6) is 0.310. The standard InChI is InChI=1S/C12H21NOS/c1-8(7-14)10(3)13-6-12-5-9(2)15-11(12)4/h5,8,10,13-14H,6-7H2,1-4H3. The third kappa shape index (κ3) is 3.59. The summed E-state index contributed by atoms with van der Waals surface area (Å²) in [6.07, 6.45) is 0. The Hall–Kier alpha value is -0.380. The van der Waals surface area contributed by atoms with Gasteiger partial charge >= 0.3 is 0 Å². The van der Waals surface area contributed by atoms with Crippen molar-refractivity contribution in [1.29, 1.82) is 0 Å². The van der Waals surface area contributed by atoms with Crippen molar-refractivity contribution >= 4 is 11.3 Å². The lowest BCUT2D eigenvalue weighted by Gasteiger charge is -2.19. The Morgan fingerprint density at radius 2 is 2.07 bits per heavy atom. The number of aryl methyl sites for hydroxylation is 2. The number of thiophene rings is 1. The van der Waals surface area contributed by atoms with E-state index in [4.69, 9.17) is 5.11 Å². The molecule has 2 atom stereocenters. The van der Waals surface area contributed by atoms with Crippen LogP contribution in [-0.2, 0) is 6.54 Å². The van der Waals surface area contributed by atoms with Crippen LogP contribution < -0.4 is 5.32 Å². The van der Waals surface area contributed by atoms with Gasteiger partial charge in [0.1, 0.15) is 0 Å². The highest BCUT2D eigenvalue weighted by Crippen LogP contribution is 2.20. The smallest absolute Gasteiger partial charge is 0.0471 e. The normalized spacial score (nSPS) is 15.3. The Bertz CT molecular complexity index is 309. The summed E-state index contributed by atoms with van der Waals surface area (Å²) in [6, 6.07) is 2.60. The van der Waals surface area contributed by atoms with Crippen LogP contribution in [0.3, 0.4) is 0 Å². The Morgan fingerprint density at radius 3 is 2.53 bits per heavy atom. The first-order valence-electron chi connectivity index (χ1n) is 5.44. The maximum Gasteiger partial charge on any atom is 0.0471 e. The molecule has 2 unspecified atom stereocenters. The van der Waals surface area contributed by atoms with E-state index in [2.05, 4.69) is 39.1 Å². The summed E-state index contributed by atoms with van der Waals surface area (Å²) >= 11 is 1.85. The van der Waals surface area contributed by atoms with E-state index in [-0.39, 0.29) is 6.61 Å². The van der Waals surface area contributed by atoms with Gasteiger partial charge in [-0.05, 0) is 38.3 Å². The molecule has 0 aliphatic heterocycles. The molecule has 1 aromatic heterocycles. The third-order valence-corrected chi connectivity index (χ3v) is 3.91. The molecule has 0 aliphatic carbocycles. The monoisotopic (exact) mass is 227 g/mol. The number of nitrogens with one attached hydrogen (secondary N) is 1. The first kappa shape index (κ1) is 12.7. The molecule has 0 saturated carbocycles. The second kappa shape index (κ2) is 5.64. The molecule has 0 aliphatic rings. The van der Waals surface area contributed by atoms with Gasteiger partial charge in [-0.3, -0.25) is 0 Å². The van der Waals surface area contributed by atoms with Crippen LogP contribution in [0.25, 0.3) is 0 Å². The van der Waals surface area contributed by atoms with Crippen LogP contribution in [0.15, 0.2) is 6.07 Å². The minimum Gasteiger partial charge on any atom is -0.396 e. The fourth-order valence-electron chi connectivity index (χ4n) is 1.49. The second-order valence-electron chi connectivity index (χ2n) is 4.27. The highest BCUT2D eigenvalue weighted by atomic mass is 32.1. The van der Waals surface area contributed by atoms with Crippen LogP contribution in [0, 0.1) is 19.8 Å². The van der Waals surface area contributed by atoms with E-state index < -0.39 is 0 Å². The van der Waals surface area contributed by atoms with Crippen LogP contribution in [0.5, 0.6) is 0 Å². The summed E-state index contributed by atoms with van der Waals surface area (Å²) in [6.45, 7) is 9.63. The molecule has 2 nitrogen and oxygen atoms in total. The lowest BCUT2D eigenvalue weighted by Crippen LogP contribution is -2.33. The van der Waals surface area contributed by atoms with E-state index in [0.29, 0.717) is 12.0 Å². The Morgan fingerprint density at radius 1 is 1.40 bits per heavy atom. The zero-order valence-electron chi connectivity index (χ0n) is 10.0. The van der Waals surface area contributed by atoms with E-state index in [1.807, 2.05) is 11.3 Å². The lowest BCUT2D eigenvalue weighted by atomic mass is 10.0. The molecule has 0 saturated heterocycles. The number of hydrogen-bond donors (Lipinski definition) is 2. The van der Waals surface area contributed by atoms with Gasteiger partial charge in [0, 0.05) is 28.9 Å². The molecule has 0 spiro atoms. The molecular formula is C12H21NOS. The first-order chi connectivity index (χ1) is 7.04. The summed E-state index contributed by atoms with van der Waals surface area (Å²) in [7, 11) is 0. The van der Waals surface area contributed by atoms with Gasteiger partial charge in [0.05, 0.1) is 0 Å². The van der Waals surface area contributed by atoms with Crippen LogP contribution in [-0.4, -0.2) is 17.8 Å². The minimum atomic E-state index is 0.246. The first-order valence-corrected chi connectivity index (χ1v) is 6.26. The lowest BCUT2D eigenvalue weighted by molar-refractivity contribution is 0.207. The molecule has 1 rings (SSSR count). The molecule has 2 N–H and O–H groups in total. The van der Waals surface area contributed by atoms with Gasteiger partial charge in [0.15, 0.2) is 0 Å². The molecule has 1 heterocycles. The van der Waals surface area contributed by atoms with E-state index in [9.17, 15) is 0 Å². The van der Waals surface area contributed by atoms with Crippen molar-refractivity contribution in [2.75, 3.05) is 6.61 Å². The van der Waals surface area contributed by atoms with Crippen molar-refractivity contribution in [2.24, 2.45) is 5.92 Å². The van der Waals surface area contributed by atoms with Crippen molar-refractivity contribution in [3.05, 3.63) is 21.4 Å². The van der Waals surface area contributed by atoms with Gasteiger partial charge in [0.2, 0.25) is 0 Å². The molecule has 0 fully saturated rings. The third-order valence-electron chi connectivity index (χ3n) is 2.90. The average molecular weight is 227 g/mol. The fourth-order valence-corrected chi connectivity index (χ4v) is 2.44. The van der Waals surface area contributed by atoms with E-state index in [1.165, 1.54) is 15.3 Å². The molecule has 0 aromatic carbocycles. The molecule has 3 heteroatoms. The van der Waals surface area contributed by atoms with Crippen molar-refractivity contribution in [1.82, 2.24) is 5.32 Å². The van der Waals surface area contributed by atoms with Gasteiger partial charge in [-0.1, -0.05) is 6.92 Å². The summed E-state index contributed by atoms with van der Waals surface area (Å²) < 4.78 is 0. The van der Waals surface area contributed by atoms with Crippen LogP contribution in [0.4, 0.5) is 0 Å². The largest absolute Gasteiger partial charge is 0.396 e. The number of aliphatic hydroxyl groups is 1. The fraction of sp³-hybridized carbons (Fsp3) is 0.667. The molecule has 15 heavy (non-hydrogen) atoms. The predicted octanol–water partition coefficient (Wildman–Crippen LogP) is 2.47. The topological polar surface area (TPSA) is 32.3 Å². The second-order valence-corrected chi connectivity index (χ2v) is 5.73. The quantitative estimate of drug-likeness (QED) is 0.810. The zero-order chi connectivity index (χ0) is 11.4. The highest BCUT2D eigenvalue weighted by Gasteiger charge is 2.11. The zero-order valence-corrected chi connectivity index (χ0v) is 10.8. The SMILES string of the molecule is Cc1cc(CNC(C)C(C)CO)c(C)s1.